The molecule has 2 rings (SSSR count). The molecule has 90 valence electrons. The molecule has 17 heavy (non-hydrogen) atoms. The van der Waals surface area contributed by atoms with Crippen LogP contribution in [0.15, 0.2) is 18.2 Å². The van der Waals surface area contributed by atoms with Crippen LogP contribution >= 0.6 is 0 Å². The van der Waals surface area contributed by atoms with E-state index in [9.17, 15) is 0 Å². The van der Waals surface area contributed by atoms with E-state index < -0.39 is 0 Å². The van der Waals surface area contributed by atoms with Crippen LogP contribution in [0.5, 0.6) is 0 Å². The molecule has 0 aliphatic heterocycles. The maximum Gasteiger partial charge on any atom is 0.101 e. The van der Waals surface area contributed by atoms with E-state index in [1.54, 1.807) is 6.07 Å². The number of anilines is 2. The van der Waals surface area contributed by atoms with E-state index in [4.69, 9.17) is 11.0 Å². The molecule has 1 aliphatic rings. The Morgan fingerprint density at radius 3 is 2.29 bits per heavy atom. The van der Waals surface area contributed by atoms with Gasteiger partial charge in [0.2, 0.25) is 0 Å². The molecule has 1 aromatic rings. The van der Waals surface area contributed by atoms with Crippen molar-refractivity contribution in [1.82, 2.24) is 0 Å². The van der Waals surface area contributed by atoms with Gasteiger partial charge in [-0.2, -0.15) is 5.26 Å². The van der Waals surface area contributed by atoms with Crippen LogP contribution in [0, 0.1) is 22.2 Å². The van der Waals surface area contributed by atoms with Crippen molar-refractivity contribution < 1.29 is 0 Å². The Morgan fingerprint density at radius 1 is 1.24 bits per heavy atom. The lowest BCUT2D eigenvalue weighted by atomic mass is 10.0. The third kappa shape index (κ3) is 1.56. The van der Waals surface area contributed by atoms with Crippen LogP contribution in [-0.4, -0.2) is 6.04 Å². The highest BCUT2D eigenvalue weighted by molar-refractivity contribution is 5.73. The molecular formula is C14H19N3. The first-order chi connectivity index (χ1) is 7.82. The molecular weight excluding hydrogens is 210 g/mol. The second kappa shape index (κ2) is 3.40. The summed E-state index contributed by atoms with van der Waals surface area (Å²) in [4.78, 5) is 0. The molecule has 3 nitrogen and oxygen atoms in total. The minimum Gasteiger partial charge on any atom is -0.396 e. The van der Waals surface area contributed by atoms with Gasteiger partial charge in [0.1, 0.15) is 6.07 Å². The third-order valence-electron chi connectivity index (χ3n) is 4.55. The van der Waals surface area contributed by atoms with Crippen molar-refractivity contribution in [1.29, 1.82) is 5.26 Å². The maximum atomic E-state index is 8.94. The zero-order valence-electron chi connectivity index (χ0n) is 10.8. The van der Waals surface area contributed by atoms with E-state index in [1.165, 1.54) is 0 Å². The third-order valence-corrected chi connectivity index (χ3v) is 4.55. The zero-order valence-corrected chi connectivity index (χ0v) is 10.8. The van der Waals surface area contributed by atoms with Gasteiger partial charge >= 0.3 is 0 Å². The summed E-state index contributed by atoms with van der Waals surface area (Å²) in [7, 11) is 0. The molecule has 0 radical (unpaired) electrons. The molecule has 3 N–H and O–H groups in total. The summed E-state index contributed by atoms with van der Waals surface area (Å²) in [6, 6.07) is 8.03. The largest absolute Gasteiger partial charge is 0.396 e. The molecule has 1 fully saturated rings. The fourth-order valence-corrected chi connectivity index (χ4v) is 2.50. The minimum absolute atomic E-state index is 0.252. The number of nitrogens with zero attached hydrogens (tertiary/aromatic N) is 1. The highest BCUT2D eigenvalue weighted by atomic mass is 15.1. The average molecular weight is 229 g/mol. The Hall–Kier alpha value is -1.69. The number of nitriles is 1. The molecule has 0 aromatic heterocycles. The summed E-state index contributed by atoms with van der Waals surface area (Å²) in [5.74, 6) is 0. The van der Waals surface area contributed by atoms with Crippen molar-refractivity contribution in [2.24, 2.45) is 10.8 Å². The van der Waals surface area contributed by atoms with Crippen molar-refractivity contribution >= 4 is 11.4 Å². The van der Waals surface area contributed by atoms with Gasteiger partial charge in [0, 0.05) is 6.04 Å². The molecule has 3 heteroatoms. The molecule has 1 saturated carbocycles. The average Bonchev–Trinajstić information content (AvgIpc) is 2.63. The Bertz CT molecular complexity index is 481. The smallest absolute Gasteiger partial charge is 0.101 e. The van der Waals surface area contributed by atoms with Crippen LogP contribution in [-0.2, 0) is 0 Å². The zero-order chi connectivity index (χ0) is 12.8. The maximum absolute atomic E-state index is 8.94. The van der Waals surface area contributed by atoms with Crippen LogP contribution in [0.25, 0.3) is 0 Å². The van der Waals surface area contributed by atoms with Crippen LogP contribution in [0.4, 0.5) is 11.4 Å². The molecule has 0 atom stereocenters. The number of hydrogen-bond donors (Lipinski definition) is 2. The van der Waals surface area contributed by atoms with E-state index in [1.807, 2.05) is 12.1 Å². The Morgan fingerprint density at radius 2 is 1.82 bits per heavy atom. The number of hydrogen-bond acceptors (Lipinski definition) is 3. The normalized spacial score (nSPS) is 20.6. The molecule has 0 saturated heterocycles. The van der Waals surface area contributed by atoms with E-state index in [-0.39, 0.29) is 10.8 Å². The van der Waals surface area contributed by atoms with Gasteiger partial charge < -0.3 is 11.1 Å². The van der Waals surface area contributed by atoms with Crippen molar-refractivity contribution in [2.45, 2.75) is 33.7 Å². The summed E-state index contributed by atoms with van der Waals surface area (Å²) in [5.41, 5.74) is 8.42. The number of para-hydroxylation sites is 1. The lowest BCUT2D eigenvalue weighted by Crippen LogP contribution is -2.12. The van der Waals surface area contributed by atoms with Crippen LogP contribution in [0.3, 0.4) is 0 Å². The highest BCUT2D eigenvalue weighted by Crippen LogP contribution is 2.63. The number of benzene rings is 1. The first-order valence-electron chi connectivity index (χ1n) is 5.87. The molecule has 0 unspecified atom stereocenters. The Labute approximate surface area is 103 Å². The SMILES string of the molecule is CC1(C)C(Nc2cccc(C#N)c2N)C1(C)C. The summed E-state index contributed by atoms with van der Waals surface area (Å²) in [5, 5.41) is 12.4. The highest BCUT2D eigenvalue weighted by Gasteiger charge is 2.65. The minimum atomic E-state index is 0.252. The van der Waals surface area contributed by atoms with Crippen molar-refractivity contribution in [3.8, 4) is 6.07 Å². The van der Waals surface area contributed by atoms with Gasteiger partial charge in [0.25, 0.3) is 0 Å². The van der Waals surface area contributed by atoms with E-state index in [2.05, 4.69) is 39.1 Å². The van der Waals surface area contributed by atoms with Crippen LogP contribution in [0.1, 0.15) is 33.3 Å². The van der Waals surface area contributed by atoms with Crippen LogP contribution < -0.4 is 11.1 Å². The van der Waals surface area contributed by atoms with E-state index in [0.717, 1.165) is 5.69 Å². The second-order valence-electron chi connectivity index (χ2n) is 5.90. The fraction of sp³-hybridized carbons (Fsp3) is 0.500. The predicted molar refractivity (Wildman–Crippen MR) is 70.5 cm³/mol. The summed E-state index contributed by atoms with van der Waals surface area (Å²) in [6.45, 7) is 8.98. The van der Waals surface area contributed by atoms with E-state index >= 15 is 0 Å². The summed E-state index contributed by atoms with van der Waals surface area (Å²) >= 11 is 0. The molecule has 1 aromatic carbocycles. The van der Waals surface area contributed by atoms with E-state index in [0.29, 0.717) is 17.3 Å². The number of nitrogens with two attached hydrogens (primary N) is 1. The number of rotatable bonds is 2. The van der Waals surface area contributed by atoms with Crippen molar-refractivity contribution in [3.05, 3.63) is 23.8 Å². The van der Waals surface area contributed by atoms with Gasteiger partial charge in [-0.1, -0.05) is 33.8 Å². The van der Waals surface area contributed by atoms with Gasteiger partial charge in [0.05, 0.1) is 16.9 Å². The van der Waals surface area contributed by atoms with Gasteiger partial charge in [-0.3, -0.25) is 0 Å². The van der Waals surface area contributed by atoms with Gasteiger partial charge in [0.15, 0.2) is 0 Å². The topological polar surface area (TPSA) is 61.8 Å². The fourth-order valence-electron chi connectivity index (χ4n) is 2.50. The molecule has 0 amide bonds. The van der Waals surface area contributed by atoms with Crippen molar-refractivity contribution in [3.63, 3.8) is 0 Å². The van der Waals surface area contributed by atoms with Gasteiger partial charge in [-0.05, 0) is 23.0 Å². The standard InChI is InChI=1S/C14H19N3/c1-13(2)12(14(13,3)4)17-10-7-5-6-9(8-15)11(10)16/h5-7,12,17H,16H2,1-4H3. The second-order valence-corrected chi connectivity index (χ2v) is 5.90. The van der Waals surface area contributed by atoms with Gasteiger partial charge in [-0.25, -0.2) is 0 Å². The summed E-state index contributed by atoms with van der Waals surface area (Å²) in [6.07, 6.45) is 0. The van der Waals surface area contributed by atoms with Crippen molar-refractivity contribution in [2.75, 3.05) is 11.1 Å². The first-order valence-corrected chi connectivity index (χ1v) is 5.87. The van der Waals surface area contributed by atoms with Crippen LogP contribution in [0.2, 0.25) is 0 Å². The quantitative estimate of drug-likeness (QED) is 0.766. The monoisotopic (exact) mass is 229 g/mol. The Balaban J connectivity index is 2.26. The summed E-state index contributed by atoms with van der Waals surface area (Å²) < 4.78 is 0. The molecule has 0 heterocycles. The molecule has 0 bridgehead atoms. The molecule has 0 spiro atoms. The molecule has 1 aliphatic carbocycles. The predicted octanol–water partition coefficient (Wildman–Crippen LogP) is 2.99. The number of nitrogen functional groups attached to an aromatic ring is 1. The first kappa shape index (κ1) is 11.8. The Kier molecular flexibility index (Phi) is 2.36. The lowest BCUT2D eigenvalue weighted by molar-refractivity contribution is 0.457. The lowest BCUT2D eigenvalue weighted by Gasteiger charge is -2.11. The van der Waals surface area contributed by atoms with Gasteiger partial charge in [-0.15, -0.1) is 0 Å². The number of nitrogens with one attached hydrogen (secondary N) is 1.